The first-order valence-corrected chi connectivity index (χ1v) is 9.95. The lowest BCUT2D eigenvalue weighted by atomic mass is 9.87. The molecule has 1 atom stereocenters. The molecule has 0 fully saturated rings. The Kier molecular flexibility index (Phi) is 8.32. The maximum Gasteiger partial charge on any atom is 0.123 e. The molecule has 0 saturated heterocycles. The maximum absolute atomic E-state index is 8.81. The predicted molar refractivity (Wildman–Crippen MR) is 113 cm³/mol. The molecule has 0 saturated carbocycles. The van der Waals surface area contributed by atoms with Gasteiger partial charge >= 0.3 is 0 Å². The van der Waals surface area contributed by atoms with Gasteiger partial charge in [-0.3, -0.25) is 0 Å². The summed E-state index contributed by atoms with van der Waals surface area (Å²) in [7, 11) is 0. The van der Waals surface area contributed by atoms with Crippen molar-refractivity contribution in [1.82, 2.24) is 0 Å². The van der Waals surface area contributed by atoms with Crippen LogP contribution in [0, 0.1) is 0 Å². The SMILES string of the molecule is C=C(C)CC(CCC)c1ccc2c(c1)OCc1ccccc1CC2.CC=O. The van der Waals surface area contributed by atoms with E-state index in [1.54, 1.807) is 0 Å². The normalized spacial score (nSPS) is 13.4. The molecule has 2 aromatic rings. The number of allylic oxidation sites excluding steroid dienone is 1. The summed E-state index contributed by atoms with van der Waals surface area (Å²) < 4.78 is 6.21. The monoisotopic (exact) mass is 364 g/mol. The molecule has 1 aliphatic heterocycles. The molecule has 0 amide bonds. The van der Waals surface area contributed by atoms with E-state index in [1.165, 1.54) is 47.6 Å². The third-order valence-corrected chi connectivity index (χ3v) is 4.96. The van der Waals surface area contributed by atoms with Crippen LogP contribution in [0.4, 0.5) is 0 Å². The number of benzene rings is 2. The number of aldehydes is 1. The van der Waals surface area contributed by atoms with E-state index in [9.17, 15) is 0 Å². The van der Waals surface area contributed by atoms with Crippen LogP contribution in [0.3, 0.4) is 0 Å². The zero-order chi connectivity index (χ0) is 19.6. The fourth-order valence-corrected chi connectivity index (χ4v) is 3.69. The van der Waals surface area contributed by atoms with Crippen LogP contribution in [0.25, 0.3) is 0 Å². The number of aryl methyl sites for hydroxylation is 2. The molecule has 1 heterocycles. The van der Waals surface area contributed by atoms with Gasteiger partial charge < -0.3 is 9.53 Å². The highest BCUT2D eigenvalue weighted by molar-refractivity contribution is 5.44. The third kappa shape index (κ3) is 6.09. The van der Waals surface area contributed by atoms with Crippen LogP contribution in [-0.2, 0) is 24.2 Å². The van der Waals surface area contributed by atoms with Gasteiger partial charge in [0, 0.05) is 0 Å². The minimum Gasteiger partial charge on any atom is -0.489 e. The largest absolute Gasteiger partial charge is 0.489 e. The number of fused-ring (bicyclic) bond motifs is 2. The molecule has 2 aromatic carbocycles. The second kappa shape index (κ2) is 10.7. The quantitative estimate of drug-likeness (QED) is 0.452. The first-order chi connectivity index (χ1) is 13.1. The summed E-state index contributed by atoms with van der Waals surface area (Å²) in [5.74, 6) is 1.63. The standard InChI is InChI=1S/C23H28O.C2H4O/c1-4-7-20(14-17(2)3)21-13-12-19-11-10-18-8-5-6-9-22(18)16-24-23(19)15-21;1-2-3/h5-6,8-9,12-13,15,20H,2,4,7,10-11,14,16H2,1,3H3;2H,1H3. The van der Waals surface area contributed by atoms with Crippen molar-refractivity contribution in [1.29, 1.82) is 0 Å². The number of hydrogen-bond donors (Lipinski definition) is 0. The van der Waals surface area contributed by atoms with Crippen molar-refractivity contribution in [2.45, 2.75) is 65.4 Å². The fourth-order valence-electron chi connectivity index (χ4n) is 3.69. The number of ether oxygens (including phenoxy) is 1. The molecule has 0 aliphatic carbocycles. The predicted octanol–water partition coefficient (Wildman–Crippen LogP) is 6.42. The van der Waals surface area contributed by atoms with Crippen molar-refractivity contribution < 1.29 is 9.53 Å². The minimum atomic E-state index is 0.555. The highest BCUT2D eigenvalue weighted by atomic mass is 16.5. The van der Waals surface area contributed by atoms with Crippen LogP contribution in [0.5, 0.6) is 5.75 Å². The molecule has 0 radical (unpaired) electrons. The van der Waals surface area contributed by atoms with E-state index in [0.29, 0.717) is 12.5 Å². The van der Waals surface area contributed by atoms with Crippen molar-refractivity contribution in [3.05, 3.63) is 76.9 Å². The zero-order valence-electron chi connectivity index (χ0n) is 17.0. The summed E-state index contributed by atoms with van der Waals surface area (Å²) in [6.07, 6.45) is 6.36. The lowest BCUT2D eigenvalue weighted by Crippen LogP contribution is -2.08. The highest BCUT2D eigenvalue weighted by Gasteiger charge is 2.16. The van der Waals surface area contributed by atoms with Crippen molar-refractivity contribution in [3.63, 3.8) is 0 Å². The molecular formula is C25H32O2. The summed E-state index contributed by atoms with van der Waals surface area (Å²) in [5, 5.41) is 0. The Balaban J connectivity index is 0.000000817. The molecule has 0 bridgehead atoms. The fraction of sp³-hybridized carbons (Fsp3) is 0.400. The number of rotatable bonds is 5. The highest BCUT2D eigenvalue weighted by Crippen LogP contribution is 2.33. The maximum atomic E-state index is 8.81. The van der Waals surface area contributed by atoms with Crippen molar-refractivity contribution in [2.75, 3.05) is 0 Å². The van der Waals surface area contributed by atoms with Crippen LogP contribution < -0.4 is 4.74 Å². The van der Waals surface area contributed by atoms with Gasteiger partial charge in [-0.25, -0.2) is 0 Å². The average molecular weight is 365 g/mol. The molecule has 27 heavy (non-hydrogen) atoms. The van der Waals surface area contributed by atoms with Gasteiger partial charge in [-0.1, -0.05) is 55.3 Å². The Morgan fingerprint density at radius 1 is 1.15 bits per heavy atom. The first kappa shape index (κ1) is 21.0. The smallest absolute Gasteiger partial charge is 0.123 e. The number of carbonyl (C=O) groups excluding carboxylic acids is 1. The summed E-state index contributed by atoms with van der Waals surface area (Å²) in [5.41, 5.74) is 6.72. The molecule has 0 N–H and O–H groups in total. The average Bonchev–Trinajstić information content (AvgIpc) is 2.63. The zero-order valence-corrected chi connectivity index (χ0v) is 17.0. The van der Waals surface area contributed by atoms with Gasteiger partial charge in [-0.05, 0) is 73.8 Å². The topological polar surface area (TPSA) is 26.3 Å². The number of hydrogen-bond acceptors (Lipinski definition) is 2. The van der Waals surface area contributed by atoms with Gasteiger partial charge in [-0.2, -0.15) is 0 Å². The molecular weight excluding hydrogens is 332 g/mol. The third-order valence-electron chi connectivity index (χ3n) is 4.96. The minimum absolute atomic E-state index is 0.555. The molecule has 1 unspecified atom stereocenters. The molecule has 3 rings (SSSR count). The summed E-state index contributed by atoms with van der Waals surface area (Å²) in [6.45, 7) is 10.6. The van der Waals surface area contributed by atoms with Gasteiger partial charge in [-0.15, -0.1) is 6.58 Å². The van der Waals surface area contributed by atoms with Gasteiger partial charge in [0.2, 0.25) is 0 Å². The van der Waals surface area contributed by atoms with E-state index in [4.69, 9.17) is 9.53 Å². The van der Waals surface area contributed by atoms with Crippen LogP contribution >= 0.6 is 0 Å². The van der Waals surface area contributed by atoms with Crippen molar-refractivity contribution in [3.8, 4) is 5.75 Å². The summed E-state index contributed by atoms with van der Waals surface area (Å²) >= 11 is 0. The molecule has 1 aliphatic rings. The van der Waals surface area contributed by atoms with Crippen LogP contribution in [0.15, 0.2) is 54.6 Å². The first-order valence-electron chi connectivity index (χ1n) is 9.95. The van der Waals surface area contributed by atoms with Crippen LogP contribution in [0.2, 0.25) is 0 Å². The van der Waals surface area contributed by atoms with E-state index in [-0.39, 0.29) is 0 Å². The molecule has 2 heteroatoms. The Morgan fingerprint density at radius 3 is 2.48 bits per heavy atom. The van der Waals surface area contributed by atoms with Crippen molar-refractivity contribution in [2.24, 2.45) is 0 Å². The summed E-state index contributed by atoms with van der Waals surface area (Å²) in [4.78, 5) is 8.81. The lowest BCUT2D eigenvalue weighted by Gasteiger charge is -2.22. The lowest BCUT2D eigenvalue weighted by molar-refractivity contribution is -0.106. The van der Waals surface area contributed by atoms with E-state index in [1.807, 2.05) is 0 Å². The number of carbonyl (C=O) groups is 1. The van der Waals surface area contributed by atoms with E-state index in [0.717, 1.165) is 31.3 Å². The van der Waals surface area contributed by atoms with E-state index in [2.05, 4.69) is 62.9 Å². The summed E-state index contributed by atoms with van der Waals surface area (Å²) in [6, 6.07) is 15.5. The van der Waals surface area contributed by atoms with Gasteiger partial charge in [0.15, 0.2) is 0 Å². The van der Waals surface area contributed by atoms with Crippen molar-refractivity contribution >= 4 is 6.29 Å². The molecule has 0 aromatic heterocycles. The van der Waals surface area contributed by atoms with E-state index < -0.39 is 0 Å². The van der Waals surface area contributed by atoms with E-state index >= 15 is 0 Å². The van der Waals surface area contributed by atoms with Gasteiger partial charge in [0.25, 0.3) is 0 Å². The van der Waals surface area contributed by atoms with Crippen LogP contribution in [-0.4, -0.2) is 6.29 Å². The second-order valence-corrected chi connectivity index (χ2v) is 7.31. The Labute approximate surface area is 164 Å². The Bertz CT molecular complexity index is 761. The second-order valence-electron chi connectivity index (χ2n) is 7.31. The Hall–Kier alpha value is -2.35. The van der Waals surface area contributed by atoms with Gasteiger partial charge in [0.1, 0.15) is 18.6 Å². The van der Waals surface area contributed by atoms with Crippen LogP contribution in [0.1, 0.15) is 68.2 Å². The molecule has 2 nitrogen and oxygen atoms in total. The van der Waals surface area contributed by atoms with Gasteiger partial charge in [0.05, 0.1) is 0 Å². The Morgan fingerprint density at radius 2 is 1.81 bits per heavy atom. The molecule has 144 valence electrons. The molecule has 0 spiro atoms.